The van der Waals surface area contributed by atoms with E-state index in [1.54, 1.807) is 48.5 Å². The van der Waals surface area contributed by atoms with Gasteiger partial charge in [0.2, 0.25) is 0 Å². The molecule has 1 fully saturated rings. The van der Waals surface area contributed by atoms with E-state index in [0.717, 1.165) is 25.7 Å². The van der Waals surface area contributed by atoms with Gasteiger partial charge in [0, 0.05) is 11.6 Å². The van der Waals surface area contributed by atoms with Gasteiger partial charge >= 0.3 is 5.97 Å². The topological polar surface area (TPSA) is 123 Å². The number of carbonyl (C=O) groups excluding carboxylic acids is 4. The van der Waals surface area contributed by atoms with Gasteiger partial charge in [0.25, 0.3) is 17.7 Å². The lowest BCUT2D eigenvalue weighted by atomic mass is 10.1. The normalized spacial score (nSPS) is 13.2. The summed E-state index contributed by atoms with van der Waals surface area (Å²) < 4.78 is 10.5. The molecule has 0 saturated heterocycles. The van der Waals surface area contributed by atoms with Gasteiger partial charge < -0.3 is 25.4 Å². The number of ether oxygens (including phenoxy) is 2. The van der Waals surface area contributed by atoms with Gasteiger partial charge in [0.1, 0.15) is 12.3 Å². The number of carbonyl (C=O) groups is 4. The summed E-state index contributed by atoms with van der Waals surface area (Å²) in [5.41, 5.74) is 1.04. The van der Waals surface area contributed by atoms with Crippen molar-refractivity contribution >= 4 is 29.4 Å². The number of para-hydroxylation sites is 1. The average molecular weight is 482 g/mol. The first-order chi connectivity index (χ1) is 16.8. The second kappa shape index (κ2) is 12.5. The third-order valence-electron chi connectivity index (χ3n) is 5.38. The van der Waals surface area contributed by atoms with Crippen molar-refractivity contribution in [2.24, 2.45) is 0 Å². The highest BCUT2D eigenvalue weighted by Crippen LogP contribution is 2.20. The minimum Gasteiger partial charge on any atom is -0.491 e. The Morgan fingerprint density at radius 1 is 0.943 bits per heavy atom. The molecule has 1 saturated carbocycles. The number of hydrogen-bond donors (Lipinski definition) is 3. The van der Waals surface area contributed by atoms with Crippen molar-refractivity contribution in [3.63, 3.8) is 0 Å². The maximum atomic E-state index is 12.6. The van der Waals surface area contributed by atoms with Gasteiger partial charge in [-0.3, -0.25) is 19.2 Å². The lowest BCUT2D eigenvalue weighted by Gasteiger charge is -2.15. The highest BCUT2D eigenvalue weighted by Gasteiger charge is 2.20. The predicted molar refractivity (Wildman–Crippen MR) is 130 cm³/mol. The number of esters is 1. The Morgan fingerprint density at radius 3 is 2.31 bits per heavy atom. The Bertz CT molecular complexity index is 1050. The summed E-state index contributed by atoms with van der Waals surface area (Å²) in [5.74, 6) is -1.42. The summed E-state index contributed by atoms with van der Waals surface area (Å²) in [4.78, 5) is 49.1. The fourth-order valence-electron chi connectivity index (χ4n) is 3.72. The van der Waals surface area contributed by atoms with Crippen LogP contribution in [0.2, 0.25) is 0 Å². The molecule has 1 aliphatic carbocycles. The zero-order chi connectivity index (χ0) is 25.2. The van der Waals surface area contributed by atoms with Crippen LogP contribution in [-0.2, 0) is 14.3 Å². The number of rotatable bonds is 10. The van der Waals surface area contributed by atoms with Gasteiger partial charge in [-0.2, -0.15) is 0 Å². The molecule has 0 aliphatic heterocycles. The number of benzene rings is 2. The molecule has 0 atom stereocenters. The van der Waals surface area contributed by atoms with E-state index in [1.807, 2.05) is 13.8 Å². The number of hydrogen-bond acceptors (Lipinski definition) is 6. The Hall–Kier alpha value is -3.88. The largest absolute Gasteiger partial charge is 0.491 e. The maximum absolute atomic E-state index is 12.6. The van der Waals surface area contributed by atoms with Crippen LogP contribution in [0.25, 0.3) is 0 Å². The van der Waals surface area contributed by atoms with Crippen molar-refractivity contribution in [3.05, 3.63) is 59.7 Å². The SMILES string of the molecule is CC(C)Oc1ccc(C(=O)NCC(=O)OCC(=O)Nc2ccccc2C(=O)NC2CCCC2)cc1. The molecule has 0 aromatic heterocycles. The van der Waals surface area contributed by atoms with Gasteiger partial charge in [-0.05, 0) is 63.1 Å². The molecule has 2 aromatic carbocycles. The highest BCUT2D eigenvalue weighted by atomic mass is 16.5. The fourth-order valence-corrected chi connectivity index (χ4v) is 3.72. The fraction of sp³-hybridized carbons (Fsp3) is 0.385. The van der Waals surface area contributed by atoms with Crippen molar-refractivity contribution in [3.8, 4) is 5.75 Å². The average Bonchev–Trinajstić information content (AvgIpc) is 3.34. The summed E-state index contributed by atoms with van der Waals surface area (Å²) in [7, 11) is 0. The Morgan fingerprint density at radius 2 is 1.63 bits per heavy atom. The molecule has 0 spiro atoms. The van der Waals surface area contributed by atoms with Gasteiger partial charge in [0.05, 0.1) is 17.4 Å². The van der Waals surface area contributed by atoms with Crippen molar-refractivity contribution < 1.29 is 28.7 Å². The highest BCUT2D eigenvalue weighted by molar-refractivity contribution is 6.04. The van der Waals surface area contributed by atoms with E-state index in [2.05, 4.69) is 16.0 Å². The Labute approximate surface area is 204 Å². The standard InChI is InChI=1S/C26H31N3O6/c1-17(2)35-20-13-11-18(12-14-20)25(32)27-15-24(31)34-16-23(30)29-22-10-6-5-9-21(22)26(33)28-19-7-3-4-8-19/h5-6,9-14,17,19H,3-4,7-8,15-16H2,1-2H3,(H,27,32)(H,28,33)(H,29,30). The summed E-state index contributed by atoms with van der Waals surface area (Å²) in [5, 5.41) is 8.04. The van der Waals surface area contributed by atoms with Crippen molar-refractivity contribution in [1.82, 2.24) is 10.6 Å². The maximum Gasteiger partial charge on any atom is 0.325 e. The van der Waals surface area contributed by atoms with Crippen LogP contribution < -0.4 is 20.7 Å². The third kappa shape index (κ3) is 8.13. The Balaban J connectivity index is 1.43. The molecule has 3 rings (SSSR count). The van der Waals surface area contributed by atoms with Crippen LogP contribution in [0.4, 0.5) is 5.69 Å². The first-order valence-corrected chi connectivity index (χ1v) is 11.7. The van der Waals surface area contributed by atoms with E-state index in [9.17, 15) is 19.2 Å². The van der Waals surface area contributed by atoms with Crippen molar-refractivity contribution in [1.29, 1.82) is 0 Å². The smallest absolute Gasteiger partial charge is 0.325 e. The Kier molecular flexibility index (Phi) is 9.23. The molecule has 0 unspecified atom stereocenters. The molecule has 35 heavy (non-hydrogen) atoms. The molecule has 0 bridgehead atoms. The molecule has 3 amide bonds. The lowest BCUT2D eigenvalue weighted by molar-refractivity contribution is -0.146. The van der Waals surface area contributed by atoms with Crippen LogP contribution in [0.3, 0.4) is 0 Å². The second-order valence-corrected chi connectivity index (χ2v) is 8.58. The molecule has 0 radical (unpaired) electrons. The van der Waals surface area contributed by atoms with Crippen LogP contribution in [0.1, 0.15) is 60.2 Å². The molecule has 9 nitrogen and oxygen atoms in total. The zero-order valence-corrected chi connectivity index (χ0v) is 20.0. The number of amides is 3. The van der Waals surface area contributed by atoms with Gasteiger partial charge in [-0.1, -0.05) is 25.0 Å². The summed E-state index contributed by atoms with van der Waals surface area (Å²) in [6, 6.07) is 13.3. The second-order valence-electron chi connectivity index (χ2n) is 8.58. The van der Waals surface area contributed by atoms with Gasteiger partial charge in [0.15, 0.2) is 6.61 Å². The molecular formula is C26H31N3O6. The predicted octanol–water partition coefficient (Wildman–Crippen LogP) is 3.06. The molecule has 2 aromatic rings. The first-order valence-electron chi connectivity index (χ1n) is 11.7. The van der Waals surface area contributed by atoms with E-state index in [4.69, 9.17) is 9.47 Å². The van der Waals surface area contributed by atoms with Crippen LogP contribution in [-0.4, -0.2) is 49.0 Å². The minimum atomic E-state index is -0.763. The molecule has 186 valence electrons. The summed E-state index contributed by atoms with van der Waals surface area (Å²) >= 11 is 0. The molecular weight excluding hydrogens is 450 g/mol. The zero-order valence-electron chi connectivity index (χ0n) is 20.0. The number of anilines is 1. The molecule has 0 heterocycles. The van der Waals surface area contributed by atoms with Crippen LogP contribution >= 0.6 is 0 Å². The van der Waals surface area contributed by atoms with E-state index in [-0.39, 0.29) is 18.1 Å². The van der Waals surface area contributed by atoms with Gasteiger partial charge in [-0.15, -0.1) is 0 Å². The van der Waals surface area contributed by atoms with E-state index < -0.39 is 30.9 Å². The minimum absolute atomic E-state index is 0.0178. The first kappa shape index (κ1) is 25.7. The molecule has 1 aliphatic rings. The van der Waals surface area contributed by atoms with E-state index in [1.165, 1.54) is 0 Å². The number of nitrogens with one attached hydrogen (secondary N) is 3. The van der Waals surface area contributed by atoms with Crippen molar-refractivity contribution in [2.75, 3.05) is 18.5 Å². The van der Waals surface area contributed by atoms with Crippen molar-refractivity contribution in [2.45, 2.75) is 51.7 Å². The van der Waals surface area contributed by atoms with Crippen LogP contribution in [0.15, 0.2) is 48.5 Å². The molecule has 9 heteroatoms. The van der Waals surface area contributed by atoms with Gasteiger partial charge in [-0.25, -0.2) is 0 Å². The summed E-state index contributed by atoms with van der Waals surface area (Å²) in [6.45, 7) is 2.86. The monoisotopic (exact) mass is 481 g/mol. The summed E-state index contributed by atoms with van der Waals surface area (Å²) in [6.07, 6.45) is 4.10. The van der Waals surface area contributed by atoms with E-state index >= 15 is 0 Å². The third-order valence-corrected chi connectivity index (χ3v) is 5.38. The molecule has 3 N–H and O–H groups in total. The van der Waals surface area contributed by atoms with E-state index in [0.29, 0.717) is 22.6 Å². The quantitative estimate of drug-likeness (QED) is 0.448. The van der Waals surface area contributed by atoms with Crippen LogP contribution in [0, 0.1) is 0 Å². The van der Waals surface area contributed by atoms with Crippen LogP contribution in [0.5, 0.6) is 5.75 Å². The lowest BCUT2D eigenvalue weighted by Crippen LogP contribution is -2.34.